The number of aromatic nitrogens is 2. The molecule has 0 aliphatic heterocycles. The van der Waals surface area contributed by atoms with Gasteiger partial charge in [0, 0.05) is 21.1 Å². The van der Waals surface area contributed by atoms with Gasteiger partial charge in [-0.2, -0.15) is 0 Å². The van der Waals surface area contributed by atoms with Crippen LogP contribution < -0.4 is 21.9 Å². The molecular formula is C8H12N4O3. The van der Waals surface area contributed by atoms with E-state index in [2.05, 4.69) is 0 Å². The molecular weight excluding hydrogens is 200 g/mol. The first-order valence-electron chi connectivity index (χ1n) is 4.15. The van der Waals surface area contributed by atoms with Crippen molar-refractivity contribution in [1.82, 2.24) is 9.13 Å². The van der Waals surface area contributed by atoms with Crippen molar-refractivity contribution in [2.24, 2.45) is 14.1 Å². The van der Waals surface area contributed by atoms with E-state index in [-0.39, 0.29) is 11.5 Å². The van der Waals surface area contributed by atoms with Crippen LogP contribution in [0.15, 0.2) is 9.59 Å². The minimum atomic E-state index is -0.592. The van der Waals surface area contributed by atoms with Gasteiger partial charge in [0.15, 0.2) is 5.69 Å². The number of nitrogen functional groups attached to an aromatic ring is 1. The van der Waals surface area contributed by atoms with Crippen LogP contribution in [-0.2, 0) is 18.9 Å². The number of carbonyl (C=O) groups excluding carboxylic acids is 1. The maximum absolute atomic E-state index is 11.6. The Hall–Kier alpha value is -2.05. The number of anilines is 2. The lowest BCUT2D eigenvalue weighted by Crippen LogP contribution is -2.41. The normalized spacial score (nSPS) is 10.1. The fourth-order valence-electron chi connectivity index (χ4n) is 1.23. The molecule has 0 aliphatic carbocycles. The highest BCUT2D eigenvalue weighted by Gasteiger charge is 2.15. The van der Waals surface area contributed by atoms with Gasteiger partial charge in [-0.15, -0.1) is 0 Å². The van der Waals surface area contributed by atoms with Crippen LogP contribution in [0.5, 0.6) is 0 Å². The van der Waals surface area contributed by atoms with Crippen molar-refractivity contribution >= 4 is 17.9 Å². The molecule has 0 saturated heterocycles. The zero-order chi connectivity index (χ0) is 11.7. The van der Waals surface area contributed by atoms with Gasteiger partial charge >= 0.3 is 5.69 Å². The monoisotopic (exact) mass is 212 g/mol. The van der Waals surface area contributed by atoms with Crippen molar-refractivity contribution in [2.45, 2.75) is 0 Å². The maximum Gasteiger partial charge on any atom is 0.332 e. The van der Waals surface area contributed by atoms with Gasteiger partial charge in [-0.1, -0.05) is 0 Å². The molecule has 0 bridgehead atoms. The van der Waals surface area contributed by atoms with Crippen LogP contribution in [0.4, 0.5) is 11.5 Å². The highest BCUT2D eigenvalue weighted by molar-refractivity contribution is 5.79. The lowest BCUT2D eigenvalue weighted by molar-refractivity contribution is -0.107. The van der Waals surface area contributed by atoms with Gasteiger partial charge in [0.2, 0.25) is 6.41 Å². The minimum absolute atomic E-state index is 0.00500. The second kappa shape index (κ2) is 3.60. The predicted octanol–water partition coefficient (Wildman–Crippen LogP) is -1.74. The van der Waals surface area contributed by atoms with E-state index in [1.165, 1.54) is 21.1 Å². The zero-order valence-electron chi connectivity index (χ0n) is 8.72. The van der Waals surface area contributed by atoms with Gasteiger partial charge in [0.1, 0.15) is 5.82 Å². The second-order valence-electron chi connectivity index (χ2n) is 3.16. The number of nitrogens with zero attached hydrogens (tertiary/aromatic N) is 3. The smallest absolute Gasteiger partial charge is 0.332 e. The van der Waals surface area contributed by atoms with E-state index in [0.29, 0.717) is 6.41 Å². The molecule has 0 unspecified atom stereocenters. The molecule has 7 heteroatoms. The SMILES string of the molecule is CN(C=O)c1c(N)n(C)c(=O)n(C)c1=O. The molecule has 0 fully saturated rings. The third kappa shape index (κ3) is 1.51. The Balaban J connectivity index is 3.75. The number of nitrogens with two attached hydrogens (primary N) is 1. The van der Waals surface area contributed by atoms with Crippen LogP contribution in [0, 0.1) is 0 Å². The van der Waals surface area contributed by atoms with Crippen LogP contribution in [0.2, 0.25) is 0 Å². The van der Waals surface area contributed by atoms with E-state index in [0.717, 1.165) is 14.0 Å². The molecule has 15 heavy (non-hydrogen) atoms. The number of carbonyl (C=O) groups is 1. The quantitative estimate of drug-likeness (QED) is 0.589. The van der Waals surface area contributed by atoms with Crippen molar-refractivity contribution < 1.29 is 4.79 Å². The van der Waals surface area contributed by atoms with Crippen LogP contribution >= 0.6 is 0 Å². The van der Waals surface area contributed by atoms with Crippen molar-refractivity contribution in [3.05, 3.63) is 20.8 Å². The van der Waals surface area contributed by atoms with Crippen LogP contribution in [0.1, 0.15) is 0 Å². The Bertz CT molecular complexity index is 514. The lowest BCUT2D eigenvalue weighted by atomic mass is 10.4. The molecule has 1 amide bonds. The van der Waals surface area contributed by atoms with Crippen molar-refractivity contribution in [1.29, 1.82) is 0 Å². The Morgan fingerprint density at radius 1 is 1.27 bits per heavy atom. The minimum Gasteiger partial charge on any atom is -0.383 e. The van der Waals surface area contributed by atoms with Crippen LogP contribution in [0.25, 0.3) is 0 Å². The molecule has 1 aromatic heterocycles. The molecule has 0 spiro atoms. The molecule has 7 nitrogen and oxygen atoms in total. The first-order chi connectivity index (χ1) is 6.91. The Morgan fingerprint density at radius 3 is 2.27 bits per heavy atom. The fourth-order valence-corrected chi connectivity index (χ4v) is 1.23. The molecule has 0 atom stereocenters. The summed E-state index contributed by atoms with van der Waals surface area (Å²) in [6.45, 7) is 0. The summed E-state index contributed by atoms with van der Waals surface area (Å²) < 4.78 is 2.00. The molecule has 82 valence electrons. The number of amides is 1. The molecule has 2 N–H and O–H groups in total. The first kappa shape index (κ1) is 11.0. The third-order valence-corrected chi connectivity index (χ3v) is 2.20. The number of hydrogen-bond acceptors (Lipinski definition) is 4. The Kier molecular flexibility index (Phi) is 2.65. The molecule has 1 aromatic rings. The average molecular weight is 212 g/mol. The van der Waals surface area contributed by atoms with Gasteiger partial charge < -0.3 is 10.6 Å². The summed E-state index contributed by atoms with van der Waals surface area (Å²) in [5, 5.41) is 0. The van der Waals surface area contributed by atoms with Crippen LogP contribution in [-0.4, -0.2) is 22.6 Å². The maximum atomic E-state index is 11.6. The van der Waals surface area contributed by atoms with Gasteiger partial charge in [-0.3, -0.25) is 18.7 Å². The molecule has 1 heterocycles. The standard InChI is InChI=1S/C8H12N4O3/c1-10(4-13)5-6(9)11(2)8(15)12(3)7(5)14/h4H,9H2,1-3H3. The van der Waals surface area contributed by atoms with Gasteiger partial charge in [0.25, 0.3) is 5.56 Å². The van der Waals surface area contributed by atoms with Crippen molar-refractivity contribution in [3.8, 4) is 0 Å². The second-order valence-corrected chi connectivity index (χ2v) is 3.16. The van der Waals surface area contributed by atoms with Crippen molar-refractivity contribution in [3.63, 3.8) is 0 Å². The molecule has 0 aliphatic rings. The summed E-state index contributed by atoms with van der Waals surface area (Å²) in [4.78, 5) is 34.6. The predicted molar refractivity (Wildman–Crippen MR) is 55.8 cm³/mol. The highest BCUT2D eigenvalue weighted by Crippen LogP contribution is 2.11. The topological polar surface area (TPSA) is 90.3 Å². The largest absolute Gasteiger partial charge is 0.383 e. The van der Waals surface area contributed by atoms with Gasteiger partial charge in [-0.05, 0) is 0 Å². The van der Waals surface area contributed by atoms with Gasteiger partial charge in [0.05, 0.1) is 0 Å². The van der Waals surface area contributed by atoms with E-state index in [9.17, 15) is 14.4 Å². The third-order valence-electron chi connectivity index (χ3n) is 2.20. The zero-order valence-corrected chi connectivity index (χ0v) is 8.72. The Labute approximate surface area is 85.3 Å². The summed E-state index contributed by atoms with van der Waals surface area (Å²) in [5.74, 6) is -0.0299. The lowest BCUT2D eigenvalue weighted by Gasteiger charge is -2.15. The first-order valence-corrected chi connectivity index (χ1v) is 4.15. The van der Waals surface area contributed by atoms with Gasteiger partial charge in [-0.25, -0.2) is 4.79 Å². The summed E-state index contributed by atoms with van der Waals surface area (Å²) >= 11 is 0. The average Bonchev–Trinajstić information content (AvgIpc) is 2.23. The number of hydrogen-bond donors (Lipinski definition) is 1. The van der Waals surface area contributed by atoms with E-state index in [1.807, 2.05) is 0 Å². The van der Waals surface area contributed by atoms with Crippen molar-refractivity contribution in [2.75, 3.05) is 17.7 Å². The molecule has 1 rings (SSSR count). The molecule has 0 radical (unpaired) electrons. The summed E-state index contributed by atoms with van der Waals surface area (Å²) in [6.07, 6.45) is 0.456. The van der Waals surface area contributed by atoms with E-state index < -0.39 is 11.2 Å². The van der Waals surface area contributed by atoms with Crippen LogP contribution in [0.3, 0.4) is 0 Å². The molecule has 0 aromatic carbocycles. The number of rotatable bonds is 2. The Morgan fingerprint density at radius 2 is 1.80 bits per heavy atom. The van der Waals surface area contributed by atoms with E-state index in [4.69, 9.17) is 5.73 Å². The summed E-state index contributed by atoms with van der Waals surface area (Å²) in [7, 11) is 4.15. The fraction of sp³-hybridized carbons (Fsp3) is 0.375. The molecule has 0 saturated carbocycles. The van der Waals surface area contributed by atoms with E-state index >= 15 is 0 Å². The summed E-state index contributed by atoms with van der Waals surface area (Å²) in [6, 6.07) is 0. The van der Waals surface area contributed by atoms with E-state index in [1.54, 1.807) is 0 Å². The highest BCUT2D eigenvalue weighted by atomic mass is 16.2. The summed E-state index contributed by atoms with van der Waals surface area (Å²) in [5.41, 5.74) is 4.45.